The first-order chi connectivity index (χ1) is 10.0. The van der Waals surface area contributed by atoms with Crippen LogP contribution in [0.5, 0.6) is 0 Å². The van der Waals surface area contributed by atoms with Gasteiger partial charge in [0.05, 0.1) is 19.3 Å². The number of amides is 1. The van der Waals surface area contributed by atoms with Crippen molar-refractivity contribution in [2.45, 2.75) is 25.7 Å². The lowest BCUT2D eigenvalue weighted by molar-refractivity contribution is -0.160. The highest BCUT2D eigenvalue weighted by Crippen LogP contribution is 2.15. The molecule has 1 aromatic carbocycles. The van der Waals surface area contributed by atoms with Gasteiger partial charge in [-0.2, -0.15) is 0 Å². The Hall–Kier alpha value is -1.92. The highest BCUT2D eigenvalue weighted by molar-refractivity contribution is 5.94. The van der Waals surface area contributed by atoms with Gasteiger partial charge in [0.1, 0.15) is 0 Å². The predicted octanol–water partition coefficient (Wildman–Crippen LogP) is 1.15. The zero-order valence-electron chi connectivity index (χ0n) is 12.1. The standard InChI is InChI=1S/C15H19NO5/c1-10-7-16(8-13(21-10)15(18)19)14(17)12-5-3-11(4-6-12)9-20-2/h3-6,10,13H,7-9H2,1-2H3,(H,18,19)/t10-,13?/m1/s1. The van der Waals surface area contributed by atoms with Crippen molar-refractivity contribution in [2.24, 2.45) is 0 Å². The molecule has 1 heterocycles. The molecule has 0 radical (unpaired) electrons. The molecule has 1 aromatic rings. The van der Waals surface area contributed by atoms with Crippen LogP contribution in [0.2, 0.25) is 0 Å². The van der Waals surface area contributed by atoms with Gasteiger partial charge in [-0.05, 0) is 24.6 Å². The van der Waals surface area contributed by atoms with Crippen molar-refractivity contribution < 1.29 is 24.2 Å². The average Bonchev–Trinajstić information content (AvgIpc) is 2.47. The SMILES string of the molecule is COCc1ccc(C(=O)N2CC(C(=O)O)O[C@H](C)C2)cc1. The van der Waals surface area contributed by atoms with E-state index >= 15 is 0 Å². The molecule has 1 saturated heterocycles. The van der Waals surface area contributed by atoms with Crippen LogP contribution in [0.1, 0.15) is 22.8 Å². The summed E-state index contributed by atoms with van der Waals surface area (Å²) < 4.78 is 10.3. The van der Waals surface area contributed by atoms with Crippen LogP contribution in [0.15, 0.2) is 24.3 Å². The molecule has 2 atom stereocenters. The Balaban J connectivity index is 2.09. The van der Waals surface area contributed by atoms with Crippen LogP contribution in [0.4, 0.5) is 0 Å². The molecule has 1 amide bonds. The Bertz CT molecular complexity index is 513. The van der Waals surface area contributed by atoms with Gasteiger partial charge in [-0.15, -0.1) is 0 Å². The first kappa shape index (κ1) is 15.5. The number of rotatable bonds is 4. The summed E-state index contributed by atoms with van der Waals surface area (Å²) in [6.07, 6.45) is -1.26. The maximum Gasteiger partial charge on any atom is 0.334 e. The van der Waals surface area contributed by atoms with Gasteiger partial charge >= 0.3 is 5.97 Å². The van der Waals surface area contributed by atoms with E-state index in [2.05, 4.69) is 0 Å². The second kappa shape index (κ2) is 6.69. The number of benzene rings is 1. The molecule has 1 aliphatic heterocycles. The highest BCUT2D eigenvalue weighted by atomic mass is 16.5. The summed E-state index contributed by atoms with van der Waals surface area (Å²) in [5.41, 5.74) is 1.51. The number of nitrogens with zero attached hydrogens (tertiary/aromatic N) is 1. The lowest BCUT2D eigenvalue weighted by Gasteiger charge is -2.35. The Morgan fingerprint density at radius 1 is 1.33 bits per heavy atom. The van der Waals surface area contributed by atoms with Crippen LogP contribution in [0, 0.1) is 0 Å². The Kier molecular flexibility index (Phi) is 4.93. The van der Waals surface area contributed by atoms with Crippen LogP contribution in [0.25, 0.3) is 0 Å². The fraction of sp³-hybridized carbons (Fsp3) is 0.467. The van der Waals surface area contributed by atoms with Crippen molar-refractivity contribution in [1.82, 2.24) is 4.90 Å². The summed E-state index contributed by atoms with van der Waals surface area (Å²) in [7, 11) is 1.61. The third-order valence-electron chi connectivity index (χ3n) is 3.33. The Morgan fingerprint density at radius 2 is 2.00 bits per heavy atom. The molecular formula is C15H19NO5. The number of hydrogen-bond donors (Lipinski definition) is 1. The zero-order chi connectivity index (χ0) is 15.4. The number of carbonyl (C=O) groups is 2. The minimum Gasteiger partial charge on any atom is -0.479 e. The molecular weight excluding hydrogens is 274 g/mol. The van der Waals surface area contributed by atoms with Gasteiger partial charge < -0.3 is 19.5 Å². The maximum atomic E-state index is 12.4. The number of carboxylic acid groups (broad SMARTS) is 1. The fourth-order valence-corrected chi connectivity index (χ4v) is 2.35. The smallest absolute Gasteiger partial charge is 0.334 e. The molecule has 6 nitrogen and oxygen atoms in total. The van der Waals surface area contributed by atoms with E-state index in [4.69, 9.17) is 14.6 Å². The molecule has 1 aliphatic rings. The van der Waals surface area contributed by atoms with Crippen molar-refractivity contribution in [2.75, 3.05) is 20.2 Å². The van der Waals surface area contributed by atoms with Gasteiger partial charge in [0.2, 0.25) is 0 Å². The molecule has 0 aliphatic carbocycles. The summed E-state index contributed by atoms with van der Waals surface area (Å²) in [6.45, 7) is 2.71. The number of carbonyl (C=O) groups excluding carboxylic acids is 1. The van der Waals surface area contributed by atoms with Gasteiger partial charge in [-0.1, -0.05) is 12.1 Å². The molecule has 6 heteroatoms. The zero-order valence-corrected chi connectivity index (χ0v) is 12.1. The van der Waals surface area contributed by atoms with E-state index in [0.717, 1.165) is 5.56 Å². The predicted molar refractivity (Wildman–Crippen MR) is 75.0 cm³/mol. The van der Waals surface area contributed by atoms with Crippen molar-refractivity contribution >= 4 is 11.9 Å². The maximum absolute atomic E-state index is 12.4. The van der Waals surface area contributed by atoms with Crippen LogP contribution in [-0.2, 0) is 20.9 Å². The summed E-state index contributed by atoms with van der Waals surface area (Å²) >= 11 is 0. The number of ether oxygens (including phenoxy) is 2. The summed E-state index contributed by atoms with van der Waals surface area (Å²) in [5, 5.41) is 9.04. The minimum absolute atomic E-state index is 0.0678. The molecule has 0 spiro atoms. The normalized spacial score (nSPS) is 22.1. The Morgan fingerprint density at radius 3 is 2.57 bits per heavy atom. The molecule has 1 N–H and O–H groups in total. The average molecular weight is 293 g/mol. The van der Waals surface area contributed by atoms with Crippen molar-refractivity contribution in [3.8, 4) is 0 Å². The Labute approximate surface area is 123 Å². The number of methoxy groups -OCH3 is 1. The number of hydrogen-bond acceptors (Lipinski definition) is 4. The van der Waals surface area contributed by atoms with Crippen LogP contribution in [0.3, 0.4) is 0 Å². The summed E-state index contributed by atoms with van der Waals surface area (Å²) in [6, 6.07) is 7.11. The van der Waals surface area contributed by atoms with E-state index in [-0.39, 0.29) is 18.6 Å². The monoisotopic (exact) mass is 293 g/mol. The summed E-state index contributed by atoms with van der Waals surface area (Å²) in [4.78, 5) is 25.0. The van der Waals surface area contributed by atoms with E-state index in [9.17, 15) is 9.59 Å². The van der Waals surface area contributed by atoms with E-state index in [1.807, 2.05) is 12.1 Å². The third kappa shape index (κ3) is 3.80. The molecule has 0 saturated carbocycles. The minimum atomic E-state index is -1.05. The second-order valence-electron chi connectivity index (χ2n) is 5.11. The molecule has 21 heavy (non-hydrogen) atoms. The lowest BCUT2D eigenvalue weighted by atomic mass is 10.1. The molecule has 1 unspecified atom stereocenters. The van der Waals surface area contributed by atoms with Crippen LogP contribution < -0.4 is 0 Å². The molecule has 2 rings (SSSR count). The highest BCUT2D eigenvalue weighted by Gasteiger charge is 2.32. The first-order valence-electron chi connectivity index (χ1n) is 6.76. The van der Waals surface area contributed by atoms with Gasteiger partial charge in [0.15, 0.2) is 6.10 Å². The lowest BCUT2D eigenvalue weighted by Crippen LogP contribution is -2.51. The van der Waals surface area contributed by atoms with Gasteiger partial charge in [-0.3, -0.25) is 4.79 Å². The topological polar surface area (TPSA) is 76.1 Å². The second-order valence-corrected chi connectivity index (χ2v) is 5.11. The fourth-order valence-electron chi connectivity index (χ4n) is 2.35. The van der Waals surface area contributed by atoms with E-state index < -0.39 is 12.1 Å². The van der Waals surface area contributed by atoms with E-state index in [0.29, 0.717) is 18.7 Å². The quantitative estimate of drug-likeness (QED) is 0.901. The van der Waals surface area contributed by atoms with E-state index in [1.165, 1.54) is 4.90 Å². The van der Waals surface area contributed by atoms with Crippen molar-refractivity contribution in [3.05, 3.63) is 35.4 Å². The van der Waals surface area contributed by atoms with Crippen molar-refractivity contribution in [1.29, 1.82) is 0 Å². The molecule has 114 valence electrons. The number of carboxylic acids is 1. The van der Waals surface area contributed by atoms with E-state index in [1.54, 1.807) is 26.2 Å². The largest absolute Gasteiger partial charge is 0.479 e. The number of aliphatic carboxylic acids is 1. The van der Waals surface area contributed by atoms with Gasteiger partial charge in [-0.25, -0.2) is 4.79 Å². The summed E-state index contributed by atoms with van der Waals surface area (Å²) in [5.74, 6) is -1.23. The van der Waals surface area contributed by atoms with Gasteiger partial charge in [0.25, 0.3) is 5.91 Å². The number of morpholine rings is 1. The third-order valence-corrected chi connectivity index (χ3v) is 3.33. The van der Waals surface area contributed by atoms with Gasteiger partial charge in [0, 0.05) is 19.2 Å². The van der Waals surface area contributed by atoms with Crippen LogP contribution >= 0.6 is 0 Å². The molecule has 0 aromatic heterocycles. The van der Waals surface area contributed by atoms with Crippen molar-refractivity contribution in [3.63, 3.8) is 0 Å². The first-order valence-corrected chi connectivity index (χ1v) is 6.76. The molecule has 1 fully saturated rings. The molecule has 0 bridgehead atoms. The van der Waals surface area contributed by atoms with Crippen LogP contribution in [-0.4, -0.2) is 54.3 Å².